The molecule has 0 aliphatic carbocycles. The third kappa shape index (κ3) is 2.05. The van der Waals surface area contributed by atoms with E-state index in [9.17, 15) is 9.18 Å². The van der Waals surface area contributed by atoms with E-state index in [4.69, 9.17) is 9.63 Å². The van der Waals surface area contributed by atoms with Gasteiger partial charge >= 0.3 is 5.97 Å². The zero-order valence-electron chi connectivity index (χ0n) is 7.21. The summed E-state index contributed by atoms with van der Waals surface area (Å²) in [6.07, 6.45) is 0.571. The molecule has 1 aromatic heterocycles. The summed E-state index contributed by atoms with van der Waals surface area (Å²) in [6, 6.07) is 0. The monoisotopic (exact) mass is 187 g/mol. The number of aryl methyl sites for hydroxylation is 2. The third-order valence-corrected chi connectivity index (χ3v) is 1.69. The van der Waals surface area contributed by atoms with Gasteiger partial charge in [0.1, 0.15) is 11.3 Å². The normalized spacial score (nSPS) is 10.3. The van der Waals surface area contributed by atoms with Crippen LogP contribution < -0.4 is 0 Å². The Labute approximate surface area is 74.3 Å². The van der Waals surface area contributed by atoms with Crippen LogP contribution in [0.5, 0.6) is 0 Å². The van der Waals surface area contributed by atoms with Crippen molar-refractivity contribution in [2.45, 2.75) is 19.8 Å². The molecule has 0 aliphatic heterocycles. The highest BCUT2D eigenvalue weighted by atomic mass is 19.1. The number of carboxylic acids is 1. The lowest BCUT2D eigenvalue weighted by Gasteiger charge is -1.93. The molecule has 4 nitrogen and oxygen atoms in total. The Morgan fingerprint density at radius 1 is 1.69 bits per heavy atom. The highest BCUT2D eigenvalue weighted by molar-refractivity contribution is 5.89. The van der Waals surface area contributed by atoms with Crippen LogP contribution in [0.15, 0.2) is 4.52 Å². The molecule has 0 saturated heterocycles. The van der Waals surface area contributed by atoms with E-state index in [1.54, 1.807) is 0 Å². The number of carboxylic acid groups (broad SMARTS) is 1. The fourth-order valence-corrected chi connectivity index (χ4v) is 1.10. The number of nitrogens with zero attached hydrogens (tertiary/aromatic N) is 1. The number of halogens is 1. The van der Waals surface area contributed by atoms with Gasteiger partial charge in [0.15, 0.2) is 0 Å². The Kier molecular flexibility index (Phi) is 3.00. The number of hydrogen-bond acceptors (Lipinski definition) is 3. The van der Waals surface area contributed by atoms with Gasteiger partial charge in [0.2, 0.25) is 0 Å². The van der Waals surface area contributed by atoms with Gasteiger partial charge in [-0.05, 0) is 19.8 Å². The predicted octanol–water partition coefficient (Wildman–Crippen LogP) is 1.58. The molecule has 0 bridgehead atoms. The Morgan fingerprint density at radius 2 is 2.38 bits per heavy atom. The average Bonchev–Trinajstić information content (AvgIpc) is 2.43. The molecule has 0 aliphatic rings. The summed E-state index contributed by atoms with van der Waals surface area (Å²) in [7, 11) is 0. The van der Waals surface area contributed by atoms with E-state index in [1.165, 1.54) is 6.92 Å². The molecule has 72 valence electrons. The van der Waals surface area contributed by atoms with E-state index < -0.39 is 12.6 Å². The highest BCUT2D eigenvalue weighted by Gasteiger charge is 2.18. The second kappa shape index (κ2) is 4.02. The molecular formula is C8H10FNO3. The van der Waals surface area contributed by atoms with Crippen LogP contribution in [-0.2, 0) is 6.42 Å². The molecule has 0 spiro atoms. The Balaban J connectivity index is 2.87. The van der Waals surface area contributed by atoms with E-state index in [2.05, 4.69) is 5.16 Å². The van der Waals surface area contributed by atoms with Gasteiger partial charge in [-0.25, -0.2) is 4.79 Å². The highest BCUT2D eigenvalue weighted by Crippen LogP contribution is 2.14. The molecule has 1 aromatic rings. The summed E-state index contributed by atoms with van der Waals surface area (Å²) >= 11 is 0. The minimum absolute atomic E-state index is 0.0634. The average molecular weight is 187 g/mol. The SMILES string of the molecule is Cc1onc(CCCF)c1C(=O)O. The van der Waals surface area contributed by atoms with Crippen LogP contribution in [0.1, 0.15) is 28.2 Å². The molecule has 0 atom stereocenters. The third-order valence-electron chi connectivity index (χ3n) is 1.69. The van der Waals surface area contributed by atoms with Gasteiger partial charge in [-0.1, -0.05) is 5.16 Å². The zero-order valence-corrected chi connectivity index (χ0v) is 7.21. The van der Waals surface area contributed by atoms with Crippen molar-refractivity contribution in [3.63, 3.8) is 0 Å². The number of hydrogen-bond donors (Lipinski definition) is 1. The van der Waals surface area contributed by atoms with Crippen LogP contribution >= 0.6 is 0 Å². The molecule has 0 amide bonds. The standard InChI is InChI=1S/C8H10FNO3/c1-5-7(8(11)12)6(10-13-5)3-2-4-9/h2-4H2,1H3,(H,11,12). The fourth-order valence-electron chi connectivity index (χ4n) is 1.10. The molecule has 0 unspecified atom stereocenters. The molecule has 5 heteroatoms. The van der Waals surface area contributed by atoms with E-state index in [1.807, 2.05) is 0 Å². The van der Waals surface area contributed by atoms with Gasteiger partial charge in [0.25, 0.3) is 0 Å². The van der Waals surface area contributed by atoms with E-state index in [-0.39, 0.29) is 17.7 Å². The fraction of sp³-hybridized carbons (Fsp3) is 0.500. The van der Waals surface area contributed by atoms with Crippen molar-refractivity contribution in [3.8, 4) is 0 Å². The topological polar surface area (TPSA) is 63.3 Å². The summed E-state index contributed by atoms with van der Waals surface area (Å²) in [4.78, 5) is 10.7. The maximum atomic E-state index is 11.8. The second-order valence-electron chi connectivity index (χ2n) is 2.66. The first-order valence-corrected chi connectivity index (χ1v) is 3.91. The molecule has 13 heavy (non-hydrogen) atoms. The van der Waals surface area contributed by atoms with Gasteiger partial charge in [-0.2, -0.15) is 0 Å². The summed E-state index contributed by atoms with van der Waals surface area (Å²) in [5.41, 5.74) is 0.385. The van der Waals surface area contributed by atoms with Crippen molar-refractivity contribution in [3.05, 3.63) is 17.0 Å². The lowest BCUT2D eigenvalue weighted by molar-refractivity contribution is 0.0694. The summed E-state index contributed by atoms with van der Waals surface area (Å²) in [5, 5.41) is 12.3. The zero-order chi connectivity index (χ0) is 9.84. The number of alkyl halides is 1. The molecule has 0 fully saturated rings. The molecule has 1 N–H and O–H groups in total. The van der Waals surface area contributed by atoms with Crippen molar-refractivity contribution < 1.29 is 18.8 Å². The quantitative estimate of drug-likeness (QED) is 0.777. The van der Waals surface area contributed by atoms with Crippen molar-refractivity contribution in [2.75, 3.05) is 6.67 Å². The summed E-state index contributed by atoms with van der Waals surface area (Å²) in [6.45, 7) is 1.04. The van der Waals surface area contributed by atoms with E-state index in [0.717, 1.165) is 0 Å². The maximum absolute atomic E-state index is 11.8. The predicted molar refractivity (Wildman–Crippen MR) is 42.5 cm³/mol. The van der Waals surface area contributed by atoms with E-state index >= 15 is 0 Å². The van der Waals surface area contributed by atoms with Gasteiger partial charge in [0.05, 0.1) is 12.4 Å². The smallest absolute Gasteiger partial charge is 0.341 e. The minimum Gasteiger partial charge on any atom is -0.477 e. The van der Waals surface area contributed by atoms with Gasteiger partial charge in [-0.15, -0.1) is 0 Å². The van der Waals surface area contributed by atoms with Crippen LogP contribution in [0.3, 0.4) is 0 Å². The van der Waals surface area contributed by atoms with Crippen molar-refractivity contribution in [1.29, 1.82) is 0 Å². The number of aromatic nitrogens is 1. The Morgan fingerprint density at radius 3 is 2.92 bits per heavy atom. The van der Waals surface area contributed by atoms with Gasteiger partial charge < -0.3 is 9.63 Å². The first kappa shape index (κ1) is 9.70. The minimum atomic E-state index is -1.08. The number of rotatable bonds is 4. The lowest BCUT2D eigenvalue weighted by atomic mass is 10.1. The van der Waals surface area contributed by atoms with Crippen molar-refractivity contribution in [2.24, 2.45) is 0 Å². The Hall–Kier alpha value is -1.39. The van der Waals surface area contributed by atoms with Crippen molar-refractivity contribution >= 4 is 5.97 Å². The number of aromatic carboxylic acids is 1. The van der Waals surface area contributed by atoms with Crippen LogP contribution in [0.2, 0.25) is 0 Å². The Bertz CT molecular complexity index is 308. The molecule has 1 rings (SSSR count). The van der Waals surface area contributed by atoms with E-state index in [0.29, 0.717) is 12.1 Å². The first-order chi connectivity index (χ1) is 6.16. The number of carbonyl (C=O) groups is 1. The lowest BCUT2D eigenvalue weighted by Crippen LogP contribution is -2.02. The van der Waals surface area contributed by atoms with Gasteiger partial charge in [-0.3, -0.25) is 4.39 Å². The molecule has 0 radical (unpaired) electrons. The summed E-state index contributed by atoms with van der Waals surface area (Å²) in [5.74, 6) is -0.811. The second-order valence-corrected chi connectivity index (χ2v) is 2.66. The maximum Gasteiger partial charge on any atom is 0.341 e. The van der Waals surface area contributed by atoms with Crippen molar-refractivity contribution in [1.82, 2.24) is 5.16 Å². The van der Waals surface area contributed by atoms with Crippen LogP contribution in [0.4, 0.5) is 4.39 Å². The molecule has 1 heterocycles. The molecule has 0 aromatic carbocycles. The van der Waals surface area contributed by atoms with Crippen LogP contribution in [0, 0.1) is 6.92 Å². The molecular weight excluding hydrogens is 177 g/mol. The van der Waals surface area contributed by atoms with Crippen LogP contribution in [-0.4, -0.2) is 22.9 Å². The largest absolute Gasteiger partial charge is 0.477 e. The van der Waals surface area contributed by atoms with Crippen LogP contribution in [0.25, 0.3) is 0 Å². The first-order valence-electron chi connectivity index (χ1n) is 3.91. The molecule has 0 saturated carbocycles. The van der Waals surface area contributed by atoms with Gasteiger partial charge in [0, 0.05) is 0 Å². The summed E-state index contributed by atoms with van der Waals surface area (Å²) < 4.78 is 16.5.